The summed E-state index contributed by atoms with van der Waals surface area (Å²) < 4.78 is 5.88. The Kier molecular flexibility index (Phi) is 8.08. The second-order valence-corrected chi connectivity index (χ2v) is 8.40. The van der Waals surface area contributed by atoms with Gasteiger partial charge in [0.1, 0.15) is 12.4 Å². The number of nitrogens with zero attached hydrogens (tertiary/aromatic N) is 3. The molecule has 0 bridgehead atoms. The van der Waals surface area contributed by atoms with Gasteiger partial charge in [-0.3, -0.25) is 14.9 Å². The van der Waals surface area contributed by atoms with Gasteiger partial charge in [-0.2, -0.15) is 0 Å². The van der Waals surface area contributed by atoms with Gasteiger partial charge in [0.25, 0.3) is 0 Å². The van der Waals surface area contributed by atoms with Crippen LogP contribution in [0.5, 0.6) is 5.75 Å². The summed E-state index contributed by atoms with van der Waals surface area (Å²) in [6, 6.07) is 14.0. The van der Waals surface area contributed by atoms with Gasteiger partial charge < -0.3 is 15.4 Å². The Balaban J connectivity index is 1.47. The van der Waals surface area contributed by atoms with Crippen LogP contribution in [0.2, 0.25) is 0 Å². The zero-order valence-corrected chi connectivity index (χ0v) is 18.5. The number of hydrogen-bond donors (Lipinski definition) is 2. The average Bonchev–Trinajstić information content (AvgIpc) is 2.79. The molecule has 0 unspecified atom stereocenters. The fraction of sp³-hybridized carbons (Fsp3) is 0.500. The van der Waals surface area contributed by atoms with Gasteiger partial charge in [0, 0.05) is 31.9 Å². The van der Waals surface area contributed by atoms with Gasteiger partial charge in [-0.05, 0) is 69.6 Å². The zero-order chi connectivity index (χ0) is 21.2. The number of nitrogens with one attached hydrogen (secondary N) is 2. The third-order valence-corrected chi connectivity index (χ3v) is 5.60. The SMILES string of the molecule is CN=C(NCc1cccc(OCc2ccccn2)c1)NCC(C)(C)N1CCCCC1. The number of pyridine rings is 1. The molecule has 1 saturated heterocycles. The van der Waals surface area contributed by atoms with Crippen LogP contribution in [-0.4, -0.2) is 48.1 Å². The number of aromatic nitrogens is 1. The van der Waals surface area contributed by atoms with Gasteiger partial charge in [-0.25, -0.2) is 0 Å². The minimum atomic E-state index is 0.108. The average molecular weight is 410 g/mol. The Labute approximate surface area is 180 Å². The summed E-state index contributed by atoms with van der Waals surface area (Å²) in [5.41, 5.74) is 2.17. The molecule has 2 heterocycles. The van der Waals surface area contributed by atoms with E-state index < -0.39 is 0 Å². The van der Waals surface area contributed by atoms with Gasteiger partial charge in [0.15, 0.2) is 5.96 Å². The molecule has 0 atom stereocenters. The molecule has 1 fully saturated rings. The molecule has 1 aromatic heterocycles. The van der Waals surface area contributed by atoms with E-state index in [0.717, 1.165) is 29.5 Å². The smallest absolute Gasteiger partial charge is 0.191 e. The zero-order valence-electron chi connectivity index (χ0n) is 18.5. The first-order chi connectivity index (χ1) is 14.6. The van der Waals surface area contributed by atoms with Crippen molar-refractivity contribution >= 4 is 5.96 Å². The van der Waals surface area contributed by atoms with E-state index in [4.69, 9.17) is 4.74 Å². The lowest BCUT2D eigenvalue weighted by molar-refractivity contribution is 0.0982. The number of hydrogen-bond acceptors (Lipinski definition) is 4. The number of ether oxygens (including phenoxy) is 1. The van der Waals surface area contributed by atoms with Crippen molar-refractivity contribution in [1.29, 1.82) is 0 Å². The predicted molar refractivity (Wildman–Crippen MR) is 123 cm³/mol. The van der Waals surface area contributed by atoms with Gasteiger partial charge in [0.05, 0.1) is 5.69 Å². The maximum absolute atomic E-state index is 5.88. The minimum absolute atomic E-state index is 0.108. The highest BCUT2D eigenvalue weighted by Crippen LogP contribution is 2.20. The van der Waals surface area contributed by atoms with Crippen LogP contribution >= 0.6 is 0 Å². The molecule has 2 aromatic rings. The third kappa shape index (κ3) is 6.73. The summed E-state index contributed by atoms with van der Waals surface area (Å²) >= 11 is 0. The maximum Gasteiger partial charge on any atom is 0.191 e. The minimum Gasteiger partial charge on any atom is -0.487 e. The molecule has 162 valence electrons. The molecule has 1 aromatic carbocycles. The number of likely N-dealkylation sites (tertiary alicyclic amines) is 1. The summed E-state index contributed by atoms with van der Waals surface area (Å²) in [4.78, 5) is 11.3. The molecular formula is C24H35N5O. The molecule has 6 heteroatoms. The van der Waals surface area contributed by atoms with Crippen molar-refractivity contribution in [2.75, 3.05) is 26.7 Å². The van der Waals surface area contributed by atoms with E-state index in [9.17, 15) is 0 Å². The van der Waals surface area contributed by atoms with Crippen LogP contribution in [0.3, 0.4) is 0 Å². The van der Waals surface area contributed by atoms with E-state index in [2.05, 4.69) is 51.5 Å². The molecule has 0 radical (unpaired) electrons. The molecule has 0 aliphatic carbocycles. The van der Waals surface area contributed by atoms with Crippen LogP contribution < -0.4 is 15.4 Å². The summed E-state index contributed by atoms with van der Waals surface area (Å²) in [5.74, 6) is 1.66. The van der Waals surface area contributed by atoms with E-state index in [0.29, 0.717) is 13.2 Å². The van der Waals surface area contributed by atoms with Crippen LogP contribution in [0.4, 0.5) is 0 Å². The second-order valence-electron chi connectivity index (χ2n) is 8.40. The van der Waals surface area contributed by atoms with Crippen LogP contribution in [0.1, 0.15) is 44.4 Å². The highest BCUT2D eigenvalue weighted by atomic mass is 16.5. The van der Waals surface area contributed by atoms with Gasteiger partial charge in [0.2, 0.25) is 0 Å². The van der Waals surface area contributed by atoms with Crippen molar-refractivity contribution in [3.05, 3.63) is 59.9 Å². The summed E-state index contributed by atoms with van der Waals surface area (Å²) in [6.07, 6.45) is 5.74. The van der Waals surface area contributed by atoms with Crippen molar-refractivity contribution < 1.29 is 4.74 Å². The first-order valence-corrected chi connectivity index (χ1v) is 10.9. The molecule has 0 spiro atoms. The third-order valence-electron chi connectivity index (χ3n) is 5.60. The molecule has 30 heavy (non-hydrogen) atoms. The lowest BCUT2D eigenvalue weighted by atomic mass is 9.98. The molecule has 3 rings (SSSR count). The highest BCUT2D eigenvalue weighted by molar-refractivity contribution is 5.79. The monoisotopic (exact) mass is 409 g/mol. The van der Waals surface area contributed by atoms with Crippen LogP contribution in [0.15, 0.2) is 53.7 Å². The van der Waals surface area contributed by atoms with E-state index in [1.54, 1.807) is 6.20 Å². The Hall–Kier alpha value is -2.60. The number of guanidine groups is 1. The predicted octanol–water partition coefficient (Wildman–Crippen LogP) is 3.59. The standard InChI is InChI=1S/C24H35N5O/c1-24(2,29-14-7-4-8-15-29)19-28-23(25-3)27-17-20-10-9-12-22(16-20)30-18-21-11-5-6-13-26-21/h5-6,9-13,16H,4,7-8,14-15,17-19H2,1-3H3,(H2,25,27,28). The van der Waals surface area contributed by atoms with Crippen molar-refractivity contribution in [3.8, 4) is 5.75 Å². The van der Waals surface area contributed by atoms with Crippen molar-refractivity contribution in [2.24, 2.45) is 4.99 Å². The number of piperidine rings is 1. The Morgan fingerprint density at radius 1 is 1.10 bits per heavy atom. The maximum atomic E-state index is 5.88. The molecule has 6 nitrogen and oxygen atoms in total. The van der Waals surface area contributed by atoms with Gasteiger partial charge in [-0.1, -0.05) is 24.6 Å². The fourth-order valence-corrected chi connectivity index (χ4v) is 3.70. The van der Waals surface area contributed by atoms with Gasteiger partial charge in [-0.15, -0.1) is 0 Å². The topological polar surface area (TPSA) is 61.8 Å². The number of aliphatic imine (C=N–C) groups is 1. The van der Waals surface area contributed by atoms with Crippen LogP contribution in [0, 0.1) is 0 Å². The number of rotatable bonds is 8. The first-order valence-electron chi connectivity index (χ1n) is 10.9. The Morgan fingerprint density at radius 2 is 1.93 bits per heavy atom. The first kappa shape index (κ1) is 22.1. The Morgan fingerprint density at radius 3 is 2.67 bits per heavy atom. The molecule has 0 amide bonds. The molecule has 0 saturated carbocycles. The lowest BCUT2D eigenvalue weighted by Crippen LogP contribution is -2.54. The summed E-state index contributed by atoms with van der Waals surface area (Å²) in [7, 11) is 1.82. The van der Waals surface area contributed by atoms with Crippen molar-refractivity contribution in [2.45, 2.75) is 51.8 Å². The summed E-state index contributed by atoms with van der Waals surface area (Å²) in [5, 5.41) is 6.91. The highest BCUT2D eigenvalue weighted by Gasteiger charge is 2.27. The van der Waals surface area contributed by atoms with E-state index in [1.807, 2.05) is 37.4 Å². The molecule has 1 aliphatic heterocycles. The van der Waals surface area contributed by atoms with Gasteiger partial charge >= 0.3 is 0 Å². The molecular weight excluding hydrogens is 374 g/mol. The quantitative estimate of drug-likeness (QED) is 0.515. The van der Waals surface area contributed by atoms with Crippen molar-refractivity contribution in [1.82, 2.24) is 20.5 Å². The number of benzene rings is 1. The molecule has 2 N–H and O–H groups in total. The largest absolute Gasteiger partial charge is 0.487 e. The molecule has 1 aliphatic rings. The van der Waals surface area contributed by atoms with E-state index in [1.165, 1.54) is 32.4 Å². The fourth-order valence-electron chi connectivity index (χ4n) is 3.70. The normalized spacial score (nSPS) is 15.6. The van der Waals surface area contributed by atoms with Crippen LogP contribution in [-0.2, 0) is 13.2 Å². The lowest BCUT2D eigenvalue weighted by Gasteiger charge is -2.41. The Bertz CT molecular complexity index is 800. The van der Waals surface area contributed by atoms with Crippen LogP contribution in [0.25, 0.3) is 0 Å². The van der Waals surface area contributed by atoms with Crippen molar-refractivity contribution in [3.63, 3.8) is 0 Å². The van der Waals surface area contributed by atoms with E-state index in [-0.39, 0.29) is 5.54 Å². The van der Waals surface area contributed by atoms with E-state index >= 15 is 0 Å². The summed E-state index contributed by atoms with van der Waals surface area (Å²) in [6.45, 7) is 9.00. The second kappa shape index (κ2) is 11.0.